The molecule has 0 bridgehead atoms. The summed E-state index contributed by atoms with van der Waals surface area (Å²) in [7, 11) is 0. The maximum atomic E-state index is 13.1. The van der Waals surface area contributed by atoms with Crippen molar-refractivity contribution in [3.8, 4) is 0 Å². The Morgan fingerprint density at radius 1 is 1.21 bits per heavy atom. The van der Waals surface area contributed by atoms with Crippen molar-refractivity contribution in [2.24, 2.45) is 0 Å². The molecule has 29 heavy (non-hydrogen) atoms. The van der Waals surface area contributed by atoms with Crippen LogP contribution < -0.4 is 10.9 Å². The highest BCUT2D eigenvalue weighted by atomic mass is 32.2. The predicted octanol–water partition coefficient (Wildman–Crippen LogP) is 5.51. The van der Waals surface area contributed by atoms with Crippen LogP contribution >= 0.6 is 23.1 Å². The van der Waals surface area contributed by atoms with Crippen molar-refractivity contribution in [2.75, 3.05) is 11.1 Å². The van der Waals surface area contributed by atoms with Crippen molar-refractivity contribution >= 4 is 44.9 Å². The number of para-hydroxylation sites is 1. The molecule has 0 aliphatic carbocycles. The van der Waals surface area contributed by atoms with E-state index in [9.17, 15) is 9.59 Å². The monoisotopic (exact) mass is 429 g/mol. The number of thiophene rings is 1. The van der Waals surface area contributed by atoms with Gasteiger partial charge in [-0.2, -0.15) is 0 Å². The van der Waals surface area contributed by atoms with Crippen molar-refractivity contribution in [2.45, 2.75) is 58.7 Å². The van der Waals surface area contributed by atoms with Crippen LogP contribution in [0, 0.1) is 13.8 Å². The molecule has 0 saturated heterocycles. The Morgan fingerprint density at radius 3 is 2.55 bits per heavy atom. The zero-order chi connectivity index (χ0) is 21.3. The van der Waals surface area contributed by atoms with E-state index in [1.54, 1.807) is 4.57 Å². The number of nitrogens with one attached hydrogen (secondary N) is 1. The van der Waals surface area contributed by atoms with Crippen molar-refractivity contribution < 1.29 is 4.79 Å². The lowest BCUT2D eigenvalue weighted by Crippen LogP contribution is -2.25. The first-order chi connectivity index (χ1) is 13.7. The molecule has 0 atom stereocenters. The van der Waals surface area contributed by atoms with Crippen LogP contribution in [0.2, 0.25) is 0 Å². The van der Waals surface area contributed by atoms with Gasteiger partial charge >= 0.3 is 0 Å². The second kappa shape index (κ2) is 8.71. The summed E-state index contributed by atoms with van der Waals surface area (Å²) in [4.78, 5) is 32.3. The van der Waals surface area contributed by atoms with Crippen molar-refractivity contribution in [3.63, 3.8) is 0 Å². The molecule has 0 spiro atoms. The molecule has 3 aromatic rings. The quantitative estimate of drug-likeness (QED) is 0.414. The Kier molecular flexibility index (Phi) is 6.49. The van der Waals surface area contributed by atoms with Gasteiger partial charge in [-0.3, -0.25) is 14.2 Å². The molecule has 2 heterocycles. The number of hydrogen-bond acceptors (Lipinski definition) is 5. The Bertz CT molecular complexity index is 1110. The highest BCUT2D eigenvalue weighted by molar-refractivity contribution is 7.99. The fourth-order valence-corrected chi connectivity index (χ4v) is 5.27. The summed E-state index contributed by atoms with van der Waals surface area (Å²) in [5.41, 5.74) is 2.91. The van der Waals surface area contributed by atoms with Crippen LogP contribution in [-0.4, -0.2) is 21.2 Å². The lowest BCUT2D eigenvalue weighted by atomic mass is 10.0. The smallest absolute Gasteiger partial charge is 0.263 e. The molecule has 0 aliphatic heterocycles. The number of carbonyl (C=O) groups excluding carboxylic acids is 1. The summed E-state index contributed by atoms with van der Waals surface area (Å²) in [6.07, 6.45) is 0. The average Bonchev–Trinajstić information content (AvgIpc) is 2.94. The lowest BCUT2D eigenvalue weighted by Gasteiger charge is -2.16. The summed E-state index contributed by atoms with van der Waals surface area (Å²) in [6.45, 7) is 12.1. The number of fused-ring (bicyclic) bond motifs is 1. The third-order valence-corrected chi connectivity index (χ3v) is 6.96. The van der Waals surface area contributed by atoms with Gasteiger partial charge in [0.2, 0.25) is 5.91 Å². The molecule has 2 aromatic heterocycles. The number of aromatic nitrogens is 2. The number of benzene rings is 1. The summed E-state index contributed by atoms with van der Waals surface area (Å²) in [5.74, 6) is 0.409. The molecule has 1 N–H and O–H groups in total. The summed E-state index contributed by atoms with van der Waals surface area (Å²) < 4.78 is 1.70. The molecule has 0 aliphatic rings. The minimum atomic E-state index is -0.105. The molecule has 0 radical (unpaired) electrons. The Labute approximate surface area is 179 Å². The van der Waals surface area contributed by atoms with E-state index < -0.39 is 0 Å². The van der Waals surface area contributed by atoms with Crippen molar-refractivity contribution in [1.82, 2.24) is 9.55 Å². The lowest BCUT2D eigenvalue weighted by molar-refractivity contribution is -0.113. The van der Waals surface area contributed by atoms with Crippen LogP contribution in [0.15, 0.2) is 34.2 Å². The first-order valence-electron chi connectivity index (χ1n) is 9.74. The molecule has 1 aromatic carbocycles. The molecule has 0 unspecified atom stereocenters. The number of hydrogen-bond donors (Lipinski definition) is 1. The van der Waals surface area contributed by atoms with Gasteiger partial charge < -0.3 is 5.32 Å². The first kappa shape index (κ1) is 21.6. The van der Waals surface area contributed by atoms with Gasteiger partial charge in [-0.25, -0.2) is 4.98 Å². The molecule has 5 nitrogen and oxygen atoms in total. The molecule has 1 amide bonds. The number of thioether (sulfide) groups is 1. The zero-order valence-corrected chi connectivity index (χ0v) is 19.3. The number of aryl methyl sites for hydroxylation is 2. The molecule has 154 valence electrons. The topological polar surface area (TPSA) is 64.0 Å². The van der Waals surface area contributed by atoms with Crippen LogP contribution in [0.4, 0.5) is 5.69 Å². The Morgan fingerprint density at radius 2 is 1.90 bits per heavy atom. The number of nitrogens with zero attached hydrogens (tertiary/aromatic N) is 2. The molecule has 0 saturated carbocycles. The number of anilines is 1. The number of amides is 1. The van der Waals surface area contributed by atoms with Gasteiger partial charge in [-0.1, -0.05) is 43.8 Å². The minimum absolute atomic E-state index is 0.0279. The maximum absolute atomic E-state index is 13.1. The minimum Gasteiger partial charge on any atom is -0.325 e. The first-order valence-corrected chi connectivity index (χ1v) is 11.5. The van der Waals surface area contributed by atoms with Crippen LogP contribution in [0.1, 0.15) is 55.7 Å². The van der Waals surface area contributed by atoms with E-state index >= 15 is 0 Å². The Hall–Kier alpha value is -2.12. The normalized spacial score (nSPS) is 11.6. The molecule has 7 heteroatoms. The summed E-state index contributed by atoms with van der Waals surface area (Å²) in [5, 5.41) is 4.29. The van der Waals surface area contributed by atoms with Gasteiger partial charge in [0.15, 0.2) is 5.16 Å². The van der Waals surface area contributed by atoms with Crippen LogP contribution in [0.25, 0.3) is 10.2 Å². The van der Waals surface area contributed by atoms with E-state index in [-0.39, 0.29) is 23.3 Å². The van der Waals surface area contributed by atoms with E-state index in [1.807, 2.05) is 52.0 Å². The maximum Gasteiger partial charge on any atom is 0.263 e. The third kappa shape index (κ3) is 4.41. The largest absolute Gasteiger partial charge is 0.325 e. The molecular formula is C22H27N3O2S2. The fourth-order valence-electron chi connectivity index (χ4n) is 3.28. The van der Waals surface area contributed by atoms with Gasteiger partial charge in [0.1, 0.15) is 4.83 Å². The summed E-state index contributed by atoms with van der Waals surface area (Å²) in [6, 6.07) is 7.81. The second-order valence-corrected chi connectivity index (χ2v) is 9.85. The van der Waals surface area contributed by atoms with Gasteiger partial charge in [-0.05, 0) is 50.8 Å². The van der Waals surface area contributed by atoms with Crippen molar-refractivity contribution in [3.05, 3.63) is 50.6 Å². The summed E-state index contributed by atoms with van der Waals surface area (Å²) >= 11 is 2.84. The molecule has 3 rings (SSSR count). The van der Waals surface area contributed by atoms with Gasteiger partial charge in [0.25, 0.3) is 5.56 Å². The predicted molar refractivity (Wildman–Crippen MR) is 124 cm³/mol. The van der Waals surface area contributed by atoms with Crippen LogP contribution in [-0.2, 0) is 4.79 Å². The highest BCUT2D eigenvalue weighted by Crippen LogP contribution is 2.30. The van der Waals surface area contributed by atoms with Gasteiger partial charge in [-0.15, -0.1) is 11.3 Å². The van der Waals surface area contributed by atoms with Gasteiger partial charge in [0.05, 0.1) is 11.1 Å². The second-order valence-electron chi connectivity index (χ2n) is 7.71. The SMILES string of the molecule is Cc1sc2nc(SCC(=O)Nc3ccccc3C(C)C)n(C(C)C)c(=O)c2c1C. The van der Waals surface area contributed by atoms with Crippen LogP contribution in [0.5, 0.6) is 0 Å². The fraction of sp³-hybridized carbons (Fsp3) is 0.409. The van der Waals surface area contributed by atoms with E-state index in [4.69, 9.17) is 4.98 Å². The third-order valence-electron chi connectivity index (χ3n) is 4.91. The Balaban J connectivity index is 1.86. The van der Waals surface area contributed by atoms with Crippen LogP contribution in [0.3, 0.4) is 0 Å². The van der Waals surface area contributed by atoms with E-state index in [2.05, 4.69) is 19.2 Å². The van der Waals surface area contributed by atoms with E-state index in [0.29, 0.717) is 16.5 Å². The van der Waals surface area contributed by atoms with Crippen molar-refractivity contribution in [1.29, 1.82) is 0 Å². The number of rotatable bonds is 6. The molecular weight excluding hydrogens is 402 g/mol. The van der Waals surface area contributed by atoms with E-state index in [1.165, 1.54) is 23.1 Å². The average molecular weight is 430 g/mol. The number of carbonyl (C=O) groups is 1. The molecule has 0 fully saturated rings. The van der Waals surface area contributed by atoms with Gasteiger partial charge in [0, 0.05) is 16.6 Å². The van der Waals surface area contributed by atoms with E-state index in [0.717, 1.165) is 26.5 Å². The standard InChI is InChI=1S/C22H27N3O2S2/c1-12(2)16-9-7-8-10-17(16)23-18(26)11-28-22-24-20-19(14(5)15(6)29-20)21(27)25(22)13(3)4/h7-10,12-13H,11H2,1-6H3,(H,23,26). The highest BCUT2D eigenvalue weighted by Gasteiger charge is 2.19. The zero-order valence-electron chi connectivity index (χ0n) is 17.7.